The van der Waals surface area contributed by atoms with Gasteiger partial charge in [-0.25, -0.2) is 0 Å². The molecule has 0 aliphatic heterocycles. The minimum atomic E-state index is -0.746. The first-order chi connectivity index (χ1) is 15.3. The number of carbonyl (C=O) groups is 2. The van der Waals surface area contributed by atoms with E-state index in [1.165, 1.54) is 44.9 Å². The molecule has 0 radical (unpaired) electrons. The van der Waals surface area contributed by atoms with E-state index in [-0.39, 0.29) is 11.3 Å². The molecule has 33 heavy (non-hydrogen) atoms. The molecule has 0 heterocycles. The van der Waals surface area contributed by atoms with Crippen LogP contribution in [0.5, 0.6) is 0 Å². The van der Waals surface area contributed by atoms with Crippen molar-refractivity contribution in [3.63, 3.8) is 0 Å². The third-order valence-corrected chi connectivity index (χ3v) is 10.9. The summed E-state index contributed by atoms with van der Waals surface area (Å²) >= 11 is 0. The Labute approximate surface area is 201 Å². The summed E-state index contributed by atoms with van der Waals surface area (Å²) in [4.78, 5) is 24.3. The Morgan fingerprint density at radius 3 is 2.33 bits per heavy atom. The fourth-order valence-corrected chi connectivity index (χ4v) is 9.22. The lowest BCUT2D eigenvalue weighted by Gasteiger charge is -2.61. The lowest BCUT2D eigenvalue weighted by molar-refractivity contribution is -0.141. The molecule has 0 aromatic rings. The first kappa shape index (κ1) is 25.2. The number of hydrogen-bond acceptors (Lipinski definition) is 4. The third-order valence-electron chi connectivity index (χ3n) is 10.9. The van der Waals surface area contributed by atoms with E-state index in [2.05, 4.69) is 19.2 Å². The maximum Gasteiger partial charge on any atom is 0.320 e. The summed E-state index contributed by atoms with van der Waals surface area (Å²) < 4.78 is 0. The Kier molecular flexibility index (Phi) is 6.81. The van der Waals surface area contributed by atoms with Gasteiger partial charge in [0.2, 0.25) is 0 Å². The number of carboxylic acid groups (broad SMARTS) is 1. The van der Waals surface area contributed by atoms with Crippen molar-refractivity contribution in [2.75, 3.05) is 6.54 Å². The Balaban J connectivity index is 1.42. The Morgan fingerprint density at radius 1 is 1.03 bits per heavy atom. The van der Waals surface area contributed by atoms with Gasteiger partial charge in [-0.05, 0) is 125 Å². The summed E-state index contributed by atoms with van der Waals surface area (Å²) in [5.74, 6) is 3.44. The summed E-state index contributed by atoms with van der Waals surface area (Å²) in [6.07, 6.45) is 11.7. The van der Waals surface area contributed by atoms with Crippen LogP contribution in [0.15, 0.2) is 0 Å². The van der Waals surface area contributed by atoms with E-state index in [0.29, 0.717) is 36.0 Å². The van der Waals surface area contributed by atoms with E-state index >= 15 is 0 Å². The Morgan fingerprint density at radius 2 is 1.70 bits per heavy atom. The molecule has 0 spiro atoms. The van der Waals surface area contributed by atoms with Crippen LogP contribution in [0, 0.1) is 46.3 Å². The van der Waals surface area contributed by atoms with Gasteiger partial charge in [0.1, 0.15) is 11.8 Å². The lowest BCUT2D eigenvalue weighted by Crippen LogP contribution is -2.54. The van der Waals surface area contributed by atoms with Gasteiger partial charge in [0.05, 0.1) is 0 Å². The zero-order chi connectivity index (χ0) is 24.2. The van der Waals surface area contributed by atoms with Gasteiger partial charge in [0.25, 0.3) is 0 Å². The number of Topliss-reactive ketones (excluding diaryl/α,β-unsaturated/α-hetero) is 1. The van der Waals surface area contributed by atoms with Gasteiger partial charge < -0.3 is 16.2 Å². The second-order valence-electron chi connectivity index (χ2n) is 13.6. The minimum absolute atomic E-state index is 0.227. The zero-order valence-corrected chi connectivity index (χ0v) is 21.7. The molecule has 0 amide bonds. The van der Waals surface area contributed by atoms with E-state index in [1.807, 2.05) is 20.8 Å². The van der Waals surface area contributed by atoms with E-state index in [4.69, 9.17) is 5.73 Å². The fraction of sp³-hybridized carbons (Fsp3) is 0.929. The van der Waals surface area contributed by atoms with Gasteiger partial charge in [-0.15, -0.1) is 0 Å². The molecule has 4 N–H and O–H groups in total. The highest BCUT2D eigenvalue weighted by Gasteiger charge is 2.60. The van der Waals surface area contributed by atoms with E-state index in [1.54, 1.807) is 0 Å². The van der Waals surface area contributed by atoms with E-state index < -0.39 is 17.6 Å². The van der Waals surface area contributed by atoms with Crippen LogP contribution in [0.4, 0.5) is 0 Å². The molecule has 1 unspecified atom stereocenters. The van der Waals surface area contributed by atoms with Crippen molar-refractivity contribution in [3.8, 4) is 0 Å². The standard InChI is InChI=1S/C28H48N2O3/c1-17(31)21-8-9-22-20-7-6-19-14-18(15-24(25(32)33)30-16-26(2,3)29)10-12-27(19,4)23(20)11-13-28(21,22)5/h18-24,30H,6-16,29H2,1-5H3,(H,32,33)/t18-,19-,20-,21+,22-,23-,24?,27-,28+/m0/s1. The van der Waals surface area contributed by atoms with Crippen molar-refractivity contribution in [1.29, 1.82) is 0 Å². The van der Waals surface area contributed by atoms with Crippen LogP contribution in [0.3, 0.4) is 0 Å². The fourth-order valence-electron chi connectivity index (χ4n) is 9.22. The monoisotopic (exact) mass is 460 g/mol. The molecular weight excluding hydrogens is 412 g/mol. The molecule has 0 aromatic carbocycles. The molecule has 0 bridgehead atoms. The second kappa shape index (κ2) is 8.93. The quantitative estimate of drug-likeness (QED) is 0.496. The second-order valence-corrected chi connectivity index (χ2v) is 13.6. The SMILES string of the molecule is CC(=O)[C@H]1CC[C@H]2[C@@H]3CC[C@H]4C[C@@H](CC(NCC(C)(C)N)C(=O)O)CC[C@]4(C)[C@H]3CC[C@]12C. The summed E-state index contributed by atoms with van der Waals surface area (Å²) in [7, 11) is 0. The van der Waals surface area contributed by atoms with Crippen LogP contribution < -0.4 is 11.1 Å². The number of aliphatic carboxylic acids is 1. The van der Waals surface area contributed by atoms with Crippen molar-refractivity contribution in [2.24, 2.45) is 52.1 Å². The lowest BCUT2D eigenvalue weighted by atomic mass is 9.44. The number of nitrogens with two attached hydrogens (primary N) is 1. The number of ketones is 1. The average Bonchev–Trinajstić information content (AvgIpc) is 3.07. The molecule has 9 atom stereocenters. The van der Waals surface area contributed by atoms with Crippen LogP contribution in [0.25, 0.3) is 0 Å². The van der Waals surface area contributed by atoms with Crippen LogP contribution in [0.1, 0.15) is 98.8 Å². The molecule has 4 aliphatic carbocycles. The van der Waals surface area contributed by atoms with E-state index in [9.17, 15) is 14.7 Å². The number of fused-ring (bicyclic) bond motifs is 5. The molecule has 0 aromatic heterocycles. The minimum Gasteiger partial charge on any atom is -0.480 e. The molecule has 4 rings (SSSR count). The molecular formula is C28H48N2O3. The zero-order valence-electron chi connectivity index (χ0n) is 21.7. The topological polar surface area (TPSA) is 92.4 Å². The number of carboxylic acids is 1. The number of carbonyl (C=O) groups excluding carboxylic acids is 1. The molecule has 5 heteroatoms. The first-order valence-electron chi connectivity index (χ1n) is 13.6. The molecule has 4 saturated carbocycles. The van der Waals surface area contributed by atoms with Crippen molar-refractivity contribution >= 4 is 11.8 Å². The Bertz CT molecular complexity index is 761. The predicted octanol–water partition coefficient (Wildman–Crippen LogP) is 5.02. The normalized spacial score (nSPS) is 43.8. The van der Waals surface area contributed by atoms with Crippen molar-refractivity contribution in [1.82, 2.24) is 5.32 Å². The molecule has 4 aliphatic rings. The highest BCUT2D eigenvalue weighted by atomic mass is 16.4. The van der Waals surface area contributed by atoms with Crippen LogP contribution in [0.2, 0.25) is 0 Å². The van der Waals surface area contributed by atoms with Crippen molar-refractivity contribution in [3.05, 3.63) is 0 Å². The highest BCUT2D eigenvalue weighted by Crippen LogP contribution is 2.67. The van der Waals surface area contributed by atoms with Gasteiger partial charge in [-0.1, -0.05) is 13.8 Å². The molecule has 0 saturated heterocycles. The summed E-state index contributed by atoms with van der Waals surface area (Å²) in [6, 6.07) is -0.504. The smallest absolute Gasteiger partial charge is 0.320 e. The highest BCUT2D eigenvalue weighted by molar-refractivity contribution is 5.79. The van der Waals surface area contributed by atoms with Crippen molar-refractivity contribution in [2.45, 2.75) is 110 Å². The summed E-state index contributed by atoms with van der Waals surface area (Å²) in [5.41, 5.74) is 6.29. The van der Waals surface area contributed by atoms with Gasteiger partial charge in [-0.2, -0.15) is 0 Å². The maximum absolute atomic E-state index is 12.4. The number of nitrogens with one attached hydrogen (secondary N) is 1. The Hall–Kier alpha value is -0.940. The molecule has 188 valence electrons. The van der Waals surface area contributed by atoms with Gasteiger partial charge in [0.15, 0.2) is 0 Å². The molecule has 4 fully saturated rings. The maximum atomic E-state index is 12.4. The van der Waals surface area contributed by atoms with Crippen molar-refractivity contribution < 1.29 is 14.7 Å². The van der Waals surface area contributed by atoms with E-state index in [0.717, 1.165) is 30.6 Å². The number of hydrogen-bond donors (Lipinski definition) is 3. The third kappa shape index (κ3) is 4.66. The van der Waals surface area contributed by atoms with Crippen LogP contribution in [-0.4, -0.2) is 35.0 Å². The summed E-state index contributed by atoms with van der Waals surface area (Å²) in [5, 5.41) is 13.0. The molecule has 5 nitrogen and oxygen atoms in total. The summed E-state index contributed by atoms with van der Waals surface area (Å²) in [6.45, 7) is 11.2. The predicted molar refractivity (Wildman–Crippen MR) is 132 cm³/mol. The van der Waals surface area contributed by atoms with Gasteiger partial charge in [0, 0.05) is 18.0 Å². The average molecular weight is 461 g/mol. The number of rotatable bonds is 7. The van der Waals surface area contributed by atoms with Gasteiger partial charge >= 0.3 is 5.97 Å². The van der Waals surface area contributed by atoms with Crippen LogP contribution in [-0.2, 0) is 9.59 Å². The largest absolute Gasteiger partial charge is 0.480 e. The van der Waals surface area contributed by atoms with Crippen LogP contribution >= 0.6 is 0 Å². The van der Waals surface area contributed by atoms with Gasteiger partial charge in [-0.3, -0.25) is 9.59 Å². The first-order valence-corrected chi connectivity index (χ1v) is 13.6.